The van der Waals surface area contributed by atoms with Crippen LogP contribution in [0, 0.1) is 13.8 Å². The summed E-state index contributed by atoms with van der Waals surface area (Å²) >= 11 is 0. The molecule has 5 heteroatoms. The molecule has 0 unspecified atom stereocenters. The van der Waals surface area contributed by atoms with Crippen molar-refractivity contribution in [3.63, 3.8) is 0 Å². The molecule has 1 amide bonds. The predicted octanol–water partition coefficient (Wildman–Crippen LogP) is 4.68. The van der Waals surface area contributed by atoms with E-state index in [4.69, 9.17) is 0 Å². The highest BCUT2D eigenvalue weighted by atomic mass is 19.1. The molecule has 154 valence electrons. The third-order valence-electron chi connectivity index (χ3n) is 6.15. The number of anilines is 2. The first-order valence-electron chi connectivity index (χ1n) is 10.6. The average molecular weight is 396 g/mol. The molecule has 4 nitrogen and oxygen atoms in total. The molecule has 0 radical (unpaired) electrons. The van der Waals surface area contributed by atoms with E-state index in [1.807, 2.05) is 11.0 Å². The number of carbonyl (C=O) groups is 1. The van der Waals surface area contributed by atoms with Crippen molar-refractivity contribution in [1.82, 2.24) is 4.90 Å². The minimum Gasteiger partial charge on any atom is -0.353 e. The summed E-state index contributed by atoms with van der Waals surface area (Å²) in [6, 6.07) is 12.5. The molecule has 0 bridgehead atoms. The monoisotopic (exact) mass is 395 g/mol. The van der Waals surface area contributed by atoms with Crippen molar-refractivity contribution in [2.45, 2.75) is 46.3 Å². The zero-order valence-corrected chi connectivity index (χ0v) is 17.6. The number of piperidine rings is 1. The summed E-state index contributed by atoms with van der Waals surface area (Å²) in [4.78, 5) is 19.9. The molecule has 0 spiro atoms. The SMILES string of the molecule is CCN1CN(c2cc(C)ccc2C)C(=O)c2cc(CN3CCC(F)CC3)ccc21. The van der Waals surface area contributed by atoms with E-state index < -0.39 is 6.17 Å². The van der Waals surface area contributed by atoms with E-state index in [1.165, 1.54) is 0 Å². The van der Waals surface area contributed by atoms with Crippen LogP contribution < -0.4 is 9.80 Å². The maximum absolute atomic E-state index is 13.5. The van der Waals surface area contributed by atoms with Crippen molar-refractivity contribution in [3.05, 3.63) is 58.7 Å². The van der Waals surface area contributed by atoms with Gasteiger partial charge in [0.2, 0.25) is 0 Å². The number of hydrogen-bond donors (Lipinski definition) is 0. The van der Waals surface area contributed by atoms with Crippen LogP contribution in [0.3, 0.4) is 0 Å². The molecule has 2 aromatic rings. The van der Waals surface area contributed by atoms with Gasteiger partial charge < -0.3 is 4.90 Å². The van der Waals surface area contributed by atoms with Crippen LogP contribution in [0.25, 0.3) is 0 Å². The highest BCUT2D eigenvalue weighted by molar-refractivity contribution is 6.12. The summed E-state index contributed by atoms with van der Waals surface area (Å²) in [6.45, 7) is 9.96. The first-order valence-corrected chi connectivity index (χ1v) is 10.6. The number of nitrogens with zero attached hydrogens (tertiary/aromatic N) is 3. The van der Waals surface area contributed by atoms with E-state index in [0.29, 0.717) is 19.5 Å². The van der Waals surface area contributed by atoms with E-state index in [-0.39, 0.29) is 5.91 Å². The molecule has 0 N–H and O–H groups in total. The topological polar surface area (TPSA) is 26.8 Å². The lowest BCUT2D eigenvalue weighted by Crippen LogP contribution is -2.47. The number of amides is 1. The second-order valence-electron chi connectivity index (χ2n) is 8.32. The number of fused-ring (bicyclic) bond motifs is 1. The predicted molar refractivity (Wildman–Crippen MR) is 116 cm³/mol. The molecule has 0 atom stereocenters. The van der Waals surface area contributed by atoms with Gasteiger partial charge in [0.05, 0.1) is 17.9 Å². The number of likely N-dealkylation sites (tertiary alicyclic amines) is 1. The third-order valence-corrected chi connectivity index (χ3v) is 6.15. The van der Waals surface area contributed by atoms with Gasteiger partial charge in [0.1, 0.15) is 6.17 Å². The lowest BCUT2D eigenvalue weighted by Gasteiger charge is -2.38. The van der Waals surface area contributed by atoms with Crippen molar-refractivity contribution in [2.24, 2.45) is 0 Å². The van der Waals surface area contributed by atoms with Gasteiger partial charge in [-0.15, -0.1) is 0 Å². The molecule has 29 heavy (non-hydrogen) atoms. The molecule has 0 saturated carbocycles. The van der Waals surface area contributed by atoms with E-state index in [2.05, 4.69) is 60.9 Å². The van der Waals surface area contributed by atoms with Crippen LogP contribution in [-0.2, 0) is 6.54 Å². The minimum atomic E-state index is -0.666. The lowest BCUT2D eigenvalue weighted by atomic mass is 10.0. The Bertz CT molecular complexity index is 905. The van der Waals surface area contributed by atoms with Crippen molar-refractivity contribution < 1.29 is 9.18 Å². The largest absolute Gasteiger partial charge is 0.353 e. The van der Waals surface area contributed by atoms with Crippen LogP contribution in [0.15, 0.2) is 36.4 Å². The Morgan fingerprint density at radius 3 is 2.52 bits per heavy atom. The molecule has 4 rings (SSSR count). The maximum atomic E-state index is 13.5. The molecule has 1 saturated heterocycles. The van der Waals surface area contributed by atoms with E-state index in [9.17, 15) is 9.18 Å². The van der Waals surface area contributed by atoms with Crippen molar-refractivity contribution in [3.8, 4) is 0 Å². The molecule has 2 aliphatic rings. The van der Waals surface area contributed by atoms with Crippen molar-refractivity contribution in [1.29, 1.82) is 0 Å². The van der Waals surface area contributed by atoms with Crippen LogP contribution in [-0.4, -0.2) is 43.3 Å². The van der Waals surface area contributed by atoms with Gasteiger partial charge in [-0.3, -0.25) is 14.6 Å². The van der Waals surface area contributed by atoms with E-state index in [0.717, 1.165) is 59.8 Å². The van der Waals surface area contributed by atoms with Gasteiger partial charge >= 0.3 is 0 Å². The van der Waals surface area contributed by atoms with E-state index >= 15 is 0 Å². The number of carbonyl (C=O) groups excluding carboxylic acids is 1. The Morgan fingerprint density at radius 1 is 1.03 bits per heavy atom. The average Bonchev–Trinajstić information content (AvgIpc) is 2.72. The van der Waals surface area contributed by atoms with Gasteiger partial charge in [-0.25, -0.2) is 4.39 Å². The van der Waals surface area contributed by atoms with Crippen LogP contribution in [0.5, 0.6) is 0 Å². The fourth-order valence-electron chi connectivity index (χ4n) is 4.37. The van der Waals surface area contributed by atoms with Crippen LogP contribution >= 0.6 is 0 Å². The van der Waals surface area contributed by atoms with Crippen LogP contribution in [0.4, 0.5) is 15.8 Å². The molecular weight excluding hydrogens is 365 g/mol. The second-order valence-corrected chi connectivity index (χ2v) is 8.32. The van der Waals surface area contributed by atoms with Gasteiger partial charge in [0.25, 0.3) is 5.91 Å². The number of benzene rings is 2. The summed E-state index contributed by atoms with van der Waals surface area (Å²) in [7, 11) is 0. The number of halogens is 1. The summed E-state index contributed by atoms with van der Waals surface area (Å²) in [5.74, 6) is 0.0581. The highest BCUT2D eigenvalue weighted by Gasteiger charge is 2.31. The summed E-state index contributed by atoms with van der Waals surface area (Å²) < 4.78 is 13.4. The molecule has 0 aliphatic carbocycles. The van der Waals surface area contributed by atoms with E-state index in [1.54, 1.807) is 0 Å². The van der Waals surface area contributed by atoms with Crippen LogP contribution in [0.2, 0.25) is 0 Å². The smallest absolute Gasteiger partial charge is 0.261 e. The van der Waals surface area contributed by atoms with Crippen molar-refractivity contribution in [2.75, 3.05) is 36.1 Å². The zero-order chi connectivity index (χ0) is 20.5. The molecule has 2 aliphatic heterocycles. The molecule has 2 aromatic carbocycles. The number of alkyl halides is 1. The number of rotatable bonds is 4. The Hall–Kier alpha value is -2.40. The quantitative estimate of drug-likeness (QED) is 0.752. The molecule has 1 fully saturated rings. The Balaban J connectivity index is 1.64. The first kappa shape index (κ1) is 19.9. The van der Waals surface area contributed by atoms with Gasteiger partial charge in [-0.2, -0.15) is 0 Å². The number of aryl methyl sites for hydroxylation is 2. The van der Waals surface area contributed by atoms with Gasteiger partial charge in [-0.05, 0) is 68.5 Å². The van der Waals surface area contributed by atoms with Gasteiger partial charge in [-0.1, -0.05) is 18.2 Å². The third kappa shape index (κ3) is 4.01. The highest BCUT2D eigenvalue weighted by Crippen LogP contribution is 2.33. The van der Waals surface area contributed by atoms with Crippen molar-refractivity contribution >= 4 is 17.3 Å². The summed E-state index contributed by atoms with van der Waals surface area (Å²) in [6.07, 6.45) is 0.544. The van der Waals surface area contributed by atoms with Gasteiger partial charge in [0, 0.05) is 31.9 Å². The molecule has 0 aromatic heterocycles. The normalized spacial score (nSPS) is 18.3. The fourth-order valence-corrected chi connectivity index (χ4v) is 4.37. The Morgan fingerprint density at radius 2 is 1.79 bits per heavy atom. The second kappa shape index (κ2) is 8.15. The maximum Gasteiger partial charge on any atom is 0.261 e. The molecular formula is C24H30FN3O. The van der Waals surface area contributed by atoms with Crippen LogP contribution in [0.1, 0.15) is 46.8 Å². The zero-order valence-electron chi connectivity index (χ0n) is 17.6. The number of hydrogen-bond acceptors (Lipinski definition) is 3. The summed E-state index contributed by atoms with van der Waals surface area (Å²) in [5, 5.41) is 0. The van der Waals surface area contributed by atoms with Gasteiger partial charge in [0.15, 0.2) is 0 Å². The summed E-state index contributed by atoms with van der Waals surface area (Å²) in [5.41, 5.74) is 6.12. The minimum absolute atomic E-state index is 0.0581. The lowest BCUT2D eigenvalue weighted by molar-refractivity contribution is 0.0982. The fraction of sp³-hybridized carbons (Fsp3) is 0.458. The molecule has 2 heterocycles. The Labute approximate surface area is 172 Å². The first-order chi connectivity index (χ1) is 14.0. The standard InChI is InChI=1S/C24H30FN3O/c1-4-27-16-28(23-13-17(2)5-6-18(23)3)24(29)21-14-19(7-8-22(21)27)15-26-11-9-20(25)10-12-26/h5-8,13-14,20H,4,9-12,15-16H2,1-3H3. The Kier molecular flexibility index (Phi) is 5.59.